The van der Waals surface area contributed by atoms with Crippen molar-refractivity contribution in [3.63, 3.8) is 0 Å². The zero-order chi connectivity index (χ0) is 12.9. The number of nitrogens with one attached hydrogen (secondary N) is 1. The lowest BCUT2D eigenvalue weighted by Crippen LogP contribution is -2.19. The summed E-state index contributed by atoms with van der Waals surface area (Å²) in [4.78, 5) is 11.2. The summed E-state index contributed by atoms with van der Waals surface area (Å²) in [7, 11) is 1.36. The quantitative estimate of drug-likeness (QED) is 0.634. The van der Waals surface area contributed by atoms with Crippen molar-refractivity contribution >= 4 is 5.97 Å². The van der Waals surface area contributed by atoms with Crippen molar-refractivity contribution in [1.82, 2.24) is 5.32 Å². The van der Waals surface area contributed by atoms with Gasteiger partial charge >= 0.3 is 5.97 Å². The van der Waals surface area contributed by atoms with Gasteiger partial charge in [0.05, 0.1) is 19.2 Å². The minimum atomic E-state index is -0.366. The van der Waals surface area contributed by atoms with Crippen LogP contribution in [0.1, 0.15) is 43.3 Å². The Kier molecular flexibility index (Phi) is 4.75. The molecular weight excluding hydrogens is 218 g/mol. The number of rotatable bonds is 5. The second-order valence-electron chi connectivity index (χ2n) is 5.28. The SMILES string of the molecule is COC(=O)c1coc(CNCCC(C)(C)C)c1. The summed E-state index contributed by atoms with van der Waals surface area (Å²) in [5.41, 5.74) is 0.785. The molecule has 1 N–H and O–H groups in total. The number of furan rings is 1. The van der Waals surface area contributed by atoms with Crippen LogP contribution in [0, 0.1) is 5.41 Å². The van der Waals surface area contributed by atoms with E-state index in [2.05, 4.69) is 30.8 Å². The number of hydrogen-bond acceptors (Lipinski definition) is 4. The van der Waals surface area contributed by atoms with Gasteiger partial charge in [-0.1, -0.05) is 20.8 Å². The number of esters is 1. The Morgan fingerprint density at radius 1 is 1.47 bits per heavy atom. The molecule has 0 spiro atoms. The molecule has 0 amide bonds. The largest absolute Gasteiger partial charge is 0.467 e. The fourth-order valence-corrected chi connectivity index (χ4v) is 1.37. The molecule has 0 fully saturated rings. The molecule has 1 aromatic heterocycles. The van der Waals surface area contributed by atoms with Gasteiger partial charge in [-0.25, -0.2) is 4.79 Å². The number of hydrogen-bond donors (Lipinski definition) is 1. The molecule has 96 valence electrons. The summed E-state index contributed by atoms with van der Waals surface area (Å²) in [6.45, 7) is 8.18. The van der Waals surface area contributed by atoms with E-state index in [1.165, 1.54) is 13.4 Å². The molecule has 17 heavy (non-hydrogen) atoms. The van der Waals surface area contributed by atoms with Crippen molar-refractivity contribution in [3.05, 3.63) is 23.7 Å². The second kappa shape index (κ2) is 5.87. The van der Waals surface area contributed by atoms with Crippen LogP contribution >= 0.6 is 0 Å². The monoisotopic (exact) mass is 239 g/mol. The molecule has 0 aliphatic carbocycles. The van der Waals surface area contributed by atoms with Gasteiger partial charge < -0.3 is 14.5 Å². The van der Waals surface area contributed by atoms with Crippen LogP contribution in [0.25, 0.3) is 0 Å². The molecule has 0 aliphatic heterocycles. The van der Waals surface area contributed by atoms with Crippen LogP contribution in [0.3, 0.4) is 0 Å². The van der Waals surface area contributed by atoms with Crippen molar-refractivity contribution < 1.29 is 13.9 Å². The number of methoxy groups -OCH3 is 1. The Bertz CT molecular complexity index is 363. The maximum Gasteiger partial charge on any atom is 0.341 e. The van der Waals surface area contributed by atoms with Crippen LogP contribution in [0.4, 0.5) is 0 Å². The summed E-state index contributed by atoms with van der Waals surface area (Å²) >= 11 is 0. The van der Waals surface area contributed by atoms with E-state index in [0.717, 1.165) is 18.7 Å². The van der Waals surface area contributed by atoms with Gasteiger partial charge in [0.15, 0.2) is 0 Å². The third-order valence-electron chi connectivity index (χ3n) is 2.43. The molecule has 0 unspecified atom stereocenters. The molecule has 4 nitrogen and oxygen atoms in total. The number of carbonyl (C=O) groups excluding carboxylic acids is 1. The summed E-state index contributed by atoms with van der Waals surface area (Å²) < 4.78 is 9.86. The fourth-order valence-electron chi connectivity index (χ4n) is 1.37. The van der Waals surface area contributed by atoms with E-state index in [9.17, 15) is 4.79 Å². The Balaban J connectivity index is 2.33. The summed E-state index contributed by atoms with van der Waals surface area (Å²) in [5.74, 6) is 0.383. The first kappa shape index (κ1) is 13.8. The minimum absolute atomic E-state index is 0.327. The average Bonchev–Trinajstić information content (AvgIpc) is 2.70. The highest BCUT2D eigenvalue weighted by Crippen LogP contribution is 2.17. The van der Waals surface area contributed by atoms with Gasteiger partial charge in [-0.05, 0) is 24.4 Å². The van der Waals surface area contributed by atoms with Crippen molar-refractivity contribution in [2.45, 2.75) is 33.7 Å². The van der Waals surface area contributed by atoms with Gasteiger partial charge in [0.2, 0.25) is 0 Å². The molecule has 1 rings (SSSR count). The van der Waals surface area contributed by atoms with E-state index in [4.69, 9.17) is 4.42 Å². The molecule has 1 aromatic rings. The van der Waals surface area contributed by atoms with Gasteiger partial charge in [-0.15, -0.1) is 0 Å². The molecule has 0 saturated heterocycles. The highest BCUT2D eigenvalue weighted by molar-refractivity contribution is 5.88. The van der Waals surface area contributed by atoms with Gasteiger partial charge in [-0.2, -0.15) is 0 Å². The number of carbonyl (C=O) groups is 1. The van der Waals surface area contributed by atoms with Crippen LogP contribution in [0.2, 0.25) is 0 Å². The zero-order valence-corrected chi connectivity index (χ0v) is 11.0. The predicted molar refractivity (Wildman–Crippen MR) is 65.8 cm³/mol. The molecular formula is C13H21NO3. The van der Waals surface area contributed by atoms with Gasteiger partial charge in [0.25, 0.3) is 0 Å². The lowest BCUT2D eigenvalue weighted by atomic mass is 9.92. The Labute approximate surface area is 102 Å². The zero-order valence-electron chi connectivity index (χ0n) is 11.0. The standard InChI is InChI=1S/C13H21NO3/c1-13(2,3)5-6-14-8-11-7-10(9-17-11)12(15)16-4/h7,9,14H,5-6,8H2,1-4H3. The van der Waals surface area contributed by atoms with Crippen LogP contribution in [-0.2, 0) is 11.3 Å². The number of ether oxygens (including phenoxy) is 1. The van der Waals surface area contributed by atoms with E-state index in [-0.39, 0.29) is 5.97 Å². The van der Waals surface area contributed by atoms with Crippen molar-refractivity contribution in [1.29, 1.82) is 0 Å². The van der Waals surface area contributed by atoms with E-state index in [1.54, 1.807) is 6.07 Å². The first-order valence-corrected chi connectivity index (χ1v) is 5.79. The lowest BCUT2D eigenvalue weighted by Gasteiger charge is -2.17. The third-order valence-corrected chi connectivity index (χ3v) is 2.43. The van der Waals surface area contributed by atoms with Gasteiger partial charge in [0.1, 0.15) is 12.0 Å². The third kappa shape index (κ3) is 5.04. The minimum Gasteiger partial charge on any atom is -0.467 e. The molecule has 0 bridgehead atoms. The molecule has 1 heterocycles. The lowest BCUT2D eigenvalue weighted by molar-refractivity contribution is 0.0600. The van der Waals surface area contributed by atoms with Gasteiger partial charge in [-0.3, -0.25) is 0 Å². The first-order valence-electron chi connectivity index (χ1n) is 5.79. The van der Waals surface area contributed by atoms with Crippen molar-refractivity contribution in [2.75, 3.05) is 13.7 Å². The van der Waals surface area contributed by atoms with Crippen molar-refractivity contribution in [3.8, 4) is 0 Å². The summed E-state index contributed by atoms with van der Waals surface area (Å²) in [6, 6.07) is 1.70. The highest BCUT2D eigenvalue weighted by atomic mass is 16.5. The fraction of sp³-hybridized carbons (Fsp3) is 0.615. The van der Waals surface area contributed by atoms with Crippen LogP contribution in [0.15, 0.2) is 16.7 Å². The Morgan fingerprint density at radius 2 is 2.18 bits per heavy atom. The predicted octanol–water partition coefficient (Wildman–Crippen LogP) is 2.59. The first-order chi connectivity index (χ1) is 7.92. The van der Waals surface area contributed by atoms with Crippen LogP contribution in [0.5, 0.6) is 0 Å². The summed E-state index contributed by atoms with van der Waals surface area (Å²) in [5, 5.41) is 3.28. The second-order valence-corrected chi connectivity index (χ2v) is 5.28. The average molecular weight is 239 g/mol. The maximum atomic E-state index is 11.2. The molecule has 0 aromatic carbocycles. The topological polar surface area (TPSA) is 51.5 Å². The Hall–Kier alpha value is -1.29. The molecule has 0 atom stereocenters. The van der Waals surface area contributed by atoms with Crippen LogP contribution in [-0.4, -0.2) is 19.6 Å². The van der Waals surface area contributed by atoms with E-state index in [1.807, 2.05) is 0 Å². The summed E-state index contributed by atoms with van der Waals surface area (Å²) in [6.07, 6.45) is 2.52. The molecule has 0 saturated carbocycles. The van der Waals surface area contributed by atoms with Gasteiger partial charge in [0, 0.05) is 0 Å². The van der Waals surface area contributed by atoms with E-state index >= 15 is 0 Å². The molecule has 0 aliphatic rings. The normalized spacial score (nSPS) is 11.5. The Morgan fingerprint density at radius 3 is 2.76 bits per heavy atom. The smallest absolute Gasteiger partial charge is 0.341 e. The van der Waals surface area contributed by atoms with Crippen LogP contribution < -0.4 is 5.32 Å². The van der Waals surface area contributed by atoms with E-state index in [0.29, 0.717) is 17.5 Å². The van der Waals surface area contributed by atoms with Crippen molar-refractivity contribution in [2.24, 2.45) is 5.41 Å². The molecule has 0 radical (unpaired) electrons. The molecule has 4 heteroatoms. The maximum absolute atomic E-state index is 11.2. The highest BCUT2D eigenvalue weighted by Gasteiger charge is 2.11. The van der Waals surface area contributed by atoms with E-state index < -0.39 is 0 Å².